The molecule has 1 aromatic rings. The van der Waals surface area contributed by atoms with E-state index in [0.29, 0.717) is 24.6 Å². The van der Waals surface area contributed by atoms with Crippen molar-refractivity contribution in [3.05, 3.63) is 42.5 Å². The maximum absolute atomic E-state index is 12.3. The molecule has 0 radical (unpaired) electrons. The normalized spacial score (nSPS) is 18.4. The van der Waals surface area contributed by atoms with Crippen LogP contribution in [0.2, 0.25) is 0 Å². The van der Waals surface area contributed by atoms with Gasteiger partial charge >= 0.3 is 0 Å². The van der Waals surface area contributed by atoms with Crippen LogP contribution in [0, 0.1) is 5.92 Å². The third-order valence-corrected chi connectivity index (χ3v) is 5.62. The first-order chi connectivity index (χ1) is 12.8. The lowest BCUT2D eigenvalue weighted by Gasteiger charge is -2.33. The number of nitrogens with zero attached hydrogens (tertiary/aromatic N) is 1. The van der Waals surface area contributed by atoms with Gasteiger partial charge in [0.1, 0.15) is 0 Å². The fourth-order valence-corrected chi connectivity index (χ4v) is 3.93. The van der Waals surface area contributed by atoms with Gasteiger partial charge in [-0.2, -0.15) is 0 Å². The van der Waals surface area contributed by atoms with Crippen molar-refractivity contribution in [2.45, 2.75) is 24.8 Å². The summed E-state index contributed by atoms with van der Waals surface area (Å²) in [5.74, 6) is 0.344. The highest BCUT2D eigenvalue weighted by molar-refractivity contribution is 7.89. The lowest BCUT2D eigenvalue weighted by molar-refractivity contribution is -0.0295. The summed E-state index contributed by atoms with van der Waals surface area (Å²) in [5, 5.41) is 2.87. The zero-order valence-electron chi connectivity index (χ0n) is 16.0. The smallest absolute Gasteiger partial charge is 0.251 e. The van der Waals surface area contributed by atoms with Crippen molar-refractivity contribution in [2.24, 2.45) is 5.92 Å². The van der Waals surface area contributed by atoms with Gasteiger partial charge in [0.15, 0.2) is 0 Å². The van der Waals surface area contributed by atoms with Crippen molar-refractivity contribution < 1.29 is 17.9 Å². The molecule has 0 unspecified atom stereocenters. The second-order valence-corrected chi connectivity index (χ2v) is 8.79. The molecule has 1 aliphatic heterocycles. The first kappa shape index (κ1) is 21.6. The van der Waals surface area contributed by atoms with Crippen molar-refractivity contribution in [2.75, 3.05) is 39.3 Å². The quantitative estimate of drug-likeness (QED) is 0.614. The van der Waals surface area contributed by atoms with Crippen LogP contribution in [-0.2, 0) is 14.8 Å². The lowest BCUT2D eigenvalue weighted by atomic mass is 10.1. The molecule has 1 atom stereocenters. The van der Waals surface area contributed by atoms with Gasteiger partial charge in [-0.05, 0) is 30.2 Å². The summed E-state index contributed by atoms with van der Waals surface area (Å²) in [6, 6.07) is 5.85. The summed E-state index contributed by atoms with van der Waals surface area (Å²) < 4.78 is 32.2. The number of morpholine rings is 1. The molecule has 0 saturated carbocycles. The van der Waals surface area contributed by atoms with Crippen LogP contribution in [0.15, 0.2) is 41.8 Å². The number of rotatable bonds is 9. The van der Waals surface area contributed by atoms with Gasteiger partial charge in [-0.15, -0.1) is 6.58 Å². The number of nitrogens with one attached hydrogen (secondary N) is 2. The van der Waals surface area contributed by atoms with Gasteiger partial charge in [0.25, 0.3) is 5.91 Å². The summed E-state index contributed by atoms with van der Waals surface area (Å²) in [4.78, 5) is 14.8. The van der Waals surface area contributed by atoms with Gasteiger partial charge in [0, 0.05) is 38.3 Å². The van der Waals surface area contributed by atoms with Crippen LogP contribution >= 0.6 is 0 Å². The predicted molar refractivity (Wildman–Crippen MR) is 105 cm³/mol. The van der Waals surface area contributed by atoms with E-state index < -0.39 is 10.0 Å². The molecule has 0 spiro atoms. The highest BCUT2D eigenvalue weighted by Crippen LogP contribution is 2.11. The average Bonchev–Trinajstić information content (AvgIpc) is 2.64. The van der Waals surface area contributed by atoms with Gasteiger partial charge in [0.05, 0.1) is 17.6 Å². The Bertz CT molecular complexity index is 732. The van der Waals surface area contributed by atoms with Gasteiger partial charge in [-0.1, -0.05) is 19.9 Å². The van der Waals surface area contributed by atoms with Gasteiger partial charge in [0.2, 0.25) is 10.0 Å². The van der Waals surface area contributed by atoms with E-state index in [9.17, 15) is 13.2 Å². The first-order valence-electron chi connectivity index (χ1n) is 9.14. The zero-order valence-corrected chi connectivity index (χ0v) is 16.8. The molecule has 1 amide bonds. The van der Waals surface area contributed by atoms with Crippen LogP contribution in [0.25, 0.3) is 0 Å². The fourth-order valence-electron chi connectivity index (χ4n) is 2.93. The van der Waals surface area contributed by atoms with Gasteiger partial charge in [-0.25, -0.2) is 13.1 Å². The summed E-state index contributed by atoms with van der Waals surface area (Å²) in [6.45, 7) is 11.8. The summed E-state index contributed by atoms with van der Waals surface area (Å²) in [6.07, 6.45) is 1.43. The Balaban J connectivity index is 1.88. The zero-order chi connectivity index (χ0) is 19.9. The Morgan fingerprint density at radius 1 is 1.37 bits per heavy atom. The van der Waals surface area contributed by atoms with Crippen molar-refractivity contribution in [3.8, 4) is 0 Å². The van der Waals surface area contributed by atoms with Gasteiger partial charge in [-0.3, -0.25) is 9.69 Å². The minimum atomic E-state index is -3.59. The number of hydrogen-bond acceptors (Lipinski definition) is 5. The molecule has 1 heterocycles. The van der Waals surface area contributed by atoms with Crippen LogP contribution in [0.5, 0.6) is 0 Å². The van der Waals surface area contributed by atoms with E-state index in [2.05, 4.69) is 35.4 Å². The Morgan fingerprint density at radius 3 is 2.70 bits per heavy atom. The monoisotopic (exact) mass is 395 g/mol. The molecular weight excluding hydrogens is 366 g/mol. The number of sulfonamides is 1. The minimum absolute atomic E-state index is 0.0378. The van der Waals surface area contributed by atoms with Crippen LogP contribution in [-0.4, -0.2) is 64.7 Å². The molecule has 1 aromatic carbocycles. The van der Waals surface area contributed by atoms with Crippen LogP contribution in [0.1, 0.15) is 24.2 Å². The largest absolute Gasteiger partial charge is 0.374 e. The molecule has 0 bridgehead atoms. The number of ether oxygens (including phenoxy) is 1. The fraction of sp³-hybridized carbons (Fsp3) is 0.526. The molecule has 150 valence electrons. The summed E-state index contributed by atoms with van der Waals surface area (Å²) in [5.41, 5.74) is 0.410. The van der Waals surface area contributed by atoms with E-state index in [1.54, 1.807) is 0 Å². The molecule has 1 aliphatic rings. The third kappa shape index (κ3) is 6.73. The van der Waals surface area contributed by atoms with E-state index >= 15 is 0 Å². The topological polar surface area (TPSA) is 87.7 Å². The molecule has 0 aromatic heterocycles. The SMILES string of the molecule is C=CCNS(=O)(=O)c1ccc(C(=O)NC[C@H]2CN(CC(C)C)CCO2)cc1. The standard InChI is InChI=1S/C19H29N3O4S/c1-4-9-21-27(24,25)18-7-5-16(6-8-18)19(23)20-12-17-14-22(10-11-26-17)13-15(2)3/h4-8,15,17,21H,1,9-14H2,2-3H3,(H,20,23)/t17-/m0/s1. The number of hydrogen-bond donors (Lipinski definition) is 2. The maximum Gasteiger partial charge on any atom is 0.251 e. The van der Waals surface area contributed by atoms with Crippen molar-refractivity contribution in [3.63, 3.8) is 0 Å². The Kier molecular flexibility index (Phi) is 7.97. The lowest BCUT2D eigenvalue weighted by Crippen LogP contribution is -2.48. The number of carbonyl (C=O) groups is 1. The van der Waals surface area contributed by atoms with E-state index in [-0.39, 0.29) is 23.5 Å². The van der Waals surface area contributed by atoms with Crippen molar-refractivity contribution >= 4 is 15.9 Å². The second-order valence-electron chi connectivity index (χ2n) is 7.02. The third-order valence-electron chi connectivity index (χ3n) is 4.18. The van der Waals surface area contributed by atoms with E-state index in [4.69, 9.17) is 4.74 Å². The molecule has 27 heavy (non-hydrogen) atoms. The predicted octanol–water partition coefficient (Wildman–Crippen LogP) is 1.24. The van der Waals surface area contributed by atoms with E-state index in [0.717, 1.165) is 19.6 Å². The average molecular weight is 396 g/mol. The molecule has 0 aliphatic carbocycles. The van der Waals surface area contributed by atoms with Crippen LogP contribution in [0.4, 0.5) is 0 Å². The second kappa shape index (κ2) is 9.98. The molecule has 2 N–H and O–H groups in total. The summed E-state index contributed by atoms with van der Waals surface area (Å²) in [7, 11) is -3.59. The molecule has 2 rings (SSSR count). The molecule has 7 nitrogen and oxygen atoms in total. The van der Waals surface area contributed by atoms with Crippen LogP contribution < -0.4 is 10.0 Å². The first-order valence-corrected chi connectivity index (χ1v) is 10.6. The Morgan fingerprint density at radius 2 is 2.07 bits per heavy atom. The maximum atomic E-state index is 12.3. The minimum Gasteiger partial charge on any atom is -0.374 e. The number of carbonyl (C=O) groups excluding carboxylic acids is 1. The van der Waals surface area contributed by atoms with Gasteiger partial charge < -0.3 is 10.1 Å². The van der Waals surface area contributed by atoms with E-state index in [1.165, 1.54) is 30.3 Å². The van der Waals surface area contributed by atoms with Crippen molar-refractivity contribution in [1.29, 1.82) is 0 Å². The molecule has 1 saturated heterocycles. The molecular formula is C19H29N3O4S. The molecule has 1 fully saturated rings. The highest BCUT2D eigenvalue weighted by atomic mass is 32.2. The Labute approximate surface area is 161 Å². The van der Waals surface area contributed by atoms with Crippen molar-refractivity contribution in [1.82, 2.24) is 14.9 Å². The molecule has 8 heteroatoms. The summed E-state index contributed by atoms with van der Waals surface area (Å²) >= 11 is 0. The highest BCUT2D eigenvalue weighted by Gasteiger charge is 2.21. The van der Waals surface area contributed by atoms with E-state index in [1.807, 2.05) is 0 Å². The Hall–Kier alpha value is -1.74. The number of benzene rings is 1. The number of amides is 1. The van der Waals surface area contributed by atoms with Crippen LogP contribution in [0.3, 0.4) is 0 Å².